The van der Waals surface area contributed by atoms with Crippen LogP contribution < -0.4 is 10.6 Å². The van der Waals surface area contributed by atoms with Crippen LogP contribution in [0.2, 0.25) is 0 Å². The number of pyridine rings is 1. The van der Waals surface area contributed by atoms with Crippen molar-refractivity contribution in [3.05, 3.63) is 83.8 Å². The number of amides is 1. The fourth-order valence-electron chi connectivity index (χ4n) is 3.43. The molecule has 1 aliphatic carbocycles. The first-order valence-electron chi connectivity index (χ1n) is 10.0. The first kappa shape index (κ1) is 18.4. The molecular formula is C24H21FN4O. The maximum Gasteiger partial charge on any atom is 0.251 e. The Kier molecular flexibility index (Phi) is 4.67. The highest BCUT2D eigenvalue weighted by atomic mass is 19.1. The Balaban J connectivity index is 1.33. The molecule has 0 unspecified atom stereocenters. The number of benzene rings is 2. The number of nitrogens with one attached hydrogen (secondary N) is 3. The third-order valence-corrected chi connectivity index (χ3v) is 5.26. The zero-order chi connectivity index (χ0) is 20.5. The van der Waals surface area contributed by atoms with Crippen molar-refractivity contribution in [2.75, 3.05) is 5.32 Å². The van der Waals surface area contributed by atoms with E-state index in [-0.39, 0.29) is 24.3 Å². The van der Waals surface area contributed by atoms with Crippen LogP contribution in [-0.4, -0.2) is 21.9 Å². The molecule has 4 aromatic rings. The van der Waals surface area contributed by atoms with Crippen molar-refractivity contribution < 1.29 is 9.18 Å². The van der Waals surface area contributed by atoms with E-state index in [1.54, 1.807) is 12.3 Å². The fraction of sp³-hybridized carbons (Fsp3) is 0.167. The van der Waals surface area contributed by atoms with Gasteiger partial charge in [-0.2, -0.15) is 0 Å². The lowest BCUT2D eigenvalue weighted by atomic mass is 10.1. The summed E-state index contributed by atoms with van der Waals surface area (Å²) < 4.78 is 14.3. The van der Waals surface area contributed by atoms with Gasteiger partial charge in [0, 0.05) is 34.8 Å². The zero-order valence-electron chi connectivity index (χ0n) is 16.3. The number of aromatic amines is 1. The van der Waals surface area contributed by atoms with E-state index < -0.39 is 0 Å². The van der Waals surface area contributed by atoms with Gasteiger partial charge in [-0.1, -0.05) is 30.3 Å². The van der Waals surface area contributed by atoms with Gasteiger partial charge < -0.3 is 15.6 Å². The molecule has 0 saturated heterocycles. The third-order valence-electron chi connectivity index (χ3n) is 5.26. The second-order valence-corrected chi connectivity index (χ2v) is 7.62. The van der Waals surface area contributed by atoms with Crippen molar-refractivity contribution in [2.24, 2.45) is 0 Å². The molecule has 0 bridgehead atoms. The summed E-state index contributed by atoms with van der Waals surface area (Å²) >= 11 is 0. The van der Waals surface area contributed by atoms with Crippen LogP contribution >= 0.6 is 0 Å². The van der Waals surface area contributed by atoms with Crippen LogP contribution in [0.4, 0.5) is 10.1 Å². The van der Waals surface area contributed by atoms with Gasteiger partial charge in [-0.15, -0.1) is 0 Å². The minimum absolute atomic E-state index is 0.150. The highest BCUT2D eigenvalue weighted by molar-refractivity contribution is 5.94. The molecular weight excluding hydrogens is 379 g/mol. The van der Waals surface area contributed by atoms with E-state index in [0.29, 0.717) is 11.1 Å². The number of carbonyl (C=O) groups excluding carboxylic acids is 1. The van der Waals surface area contributed by atoms with Gasteiger partial charge in [0.05, 0.1) is 11.9 Å². The minimum atomic E-state index is -0.340. The molecule has 1 saturated carbocycles. The fourth-order valence-corrected chi connectivity index (χ4v) is 3.43. The summed E-state index contributed by atoms with van der Waals surface area (Å²) in [6.07, 6.45) is 3.75. The number of hydrogen-bond donors (Lipinski definition) is 3. The van der Waals surface area contributed by atoms with E-state index in [9.17, 15) is 9.18 Å². The lowest BCUT2D eigenvalue weighted by Gasteiger charge is -2.10. The summed E-state index contributed by atoms with van der Waals surface area (Å²) in [6, 6.07) is 18.8. The summed E-state index contributed by atoms with van der Waals surface area (Å²) in [5, 5.41) is 7.11. The van der Waals surface area contributed by atoms with Crippen molar-refractivity contribution in [3.63, 3.8) is 0 Å². The second kappa shape index (κ2) is 7.63. The highest BCUT2D eigenvalue weighted by Crippen LogP contribution is 2.25. The number of fused-ring (bicyclic) bond motifs is 1. The van der Waals surface area contributed by atoms with E-state index in [0.717, 1.165) is 40.8 Å². The summed E-state index contributed by atoms with van der Waals surface area (Å²) in [5.41, 5.74) is 4.59. The van der Waals surface area contributed by atoms with E-state index in [2.05, 4.69) is 20.6 Å². The van der Waals surface area contributed by atoms with Gasteiger partial charge >= 0.3 is 0 Å². The summed E-state index contributed by atoms with van der Waals surface area (Å²) in [4.78, 5) is 20.0. The SMILES string of the molecule is O=C(NC1CC1)c1ccc(F)c(CNc2cnc3[nH]c(-c4ccccc4)cc3c2)c1. The lowest BCUT2D eigenvalue weighted by molar-refractivity contribution is 0.0951. The third kappa shape index (κ3) is 3.89. The van der Waals surface area contributed by atoms with E-state index in [1.807, 2.05) is 42.5 Å². The van der Waals surface area contributed by atoms with Crippen molar-refractivity contribution in [2.45, 2.75) is 25.4 Å². The molecule has 0 atom stereocenters. The topological polar surface area (TPSA) is 69.8 Å². The average Bonchev–Trinajstić information content (AvgIpc) is 3.48. The number of hydrogen-bond acceptors (Lipinski definition) is 3. The first-order chi connectivity index (χ1) is 14.7. The Morgan fingerprint density at radius 2 is 1.93 bits per heavy atom. The van der Waals surface area contributed by atoms with E-state index >= 15 is 0 Å². The number of nitrogens with zero attached hydrogens (tertiary/aromatic N) is 1. The maximum absolute atomic E-state index is 14.3. The van der Waals surface area contributed by atoms with Crippen LogP contribution in [0.25, 0.3) is 22.3 Å². The summed E-state index contributed by atoms with van der Waals surface area (Å²) in [6.45, 7) is 0.263. The molecule has 1 fully saturated rings. The highest BCUT2D eigenvalue weighted by Gasteiger charge is 2.24. The van der Waals surface area contributed by atoms with Gasteiger partial charge in [-0.3, -0.25) is 4.79 Å². The molecule has 6 heteroatoms. The summed E-state index contributed by atoms with van der Waals surface area (Å²) in [7, 11) is 0. The second-order valence-electron chi connectivity index (χ2n) is 7.62. The van der Waals surface area contributed by atoms with Crippen LogP contribution in [0.3, 0.4) is 0 Å². The van der Waals surface area contributed by atoms with E-state index in [4.69, 9.17) is 0 Å². The maximum atomic E-state index is 14.3. The van der Waals surface area contributed by atoms with Crippen molar-refractivity contribution in [1.82, 2.24) is 15.3 Å². The number of rotatable bonds is 6. The monoisotopic (exact) mass is 400 g/mol. The van der Waals surface area contributed by atoms with Gasteiger partial charge in [0.2, 0.25) is 0 Å². The largest absolute Gasteiger partial charge is 0.380 e. The Morgan fingerprint density at radius 1 is 1.10 bits per heavy atom. The van der Waals surface area contributed by atoms with Gasteiger partial charge in [0.25, 0.3) is 5.91 Å². The number of anilines is 1. The first-order valence-corrected chi connectivity index (χ1v) is 10.0. The predicted molar refractivity (Wildman–Crippen MR) is 116 cm³/mol. The smallest absolute Gasteiger partial charge is 0.251 e. The molecule has 2 aromatic carbocycles. The molecule has 2 heterocycles. The molecule has 0 radical (unpaired) electrons. The minimum Gasteiger partial charge on any atom is -0.380 e. The van der Waals surface area contributed by atoms with Crippen LogP contribution in [-0.2, 0) is 6.54 Å². The van der Waals surface area contributed by atoms with Gasteiger partial charge in [0.1, 0.15) is 11.5 Å². The number of carbonyl (C=O) groups is 1. The molecule has 1 aliphatic rings. The lowest BCUT2D eigenvalue weighted by Crippen LogP contribution is -2.25. The molecule has 5 rings (SSSR count). The molecule has 2 aromatic heterocycles. The number of halogens is 1. The molecule has 30 heavy (non-hydrogen) atoms. The quantitative estimate of drug-likeness (QED) is 0.432. The zero-order valence-corrected chi connectivity index (χ0v) is 16.3. The predicted octanol–water partition coefficient (Wildman–Crippen LogP) is 4.87. The van der Waals surface area contributed by atoms with Gasteiger partial charge in [0.15, 0.2) is 0 Å². The molecule has 1 amide bonds. The van der Waals surface area contributed by atoms with Crippen LogP contribution in [0.1, 0.15) is 28.8 Å². The van der Waals surface area contributed by atoms with Gasteiger partial charge in [-0.05, 0) is 48.7 Å². The van der Waals surface area contributed by atoms with Crippen LogP contribution in [0, 0.1) is 5.82 Å². The number of aromatic nitrogens is 2. The Bertz CT molecular complexity index is 1210. The standard InChI is InChI=1S/C24H21FN4O/c25-21-9-6-16(24(30)28-19-7-8-19)10-18(21)13-26-20-11-17-12-22(29-23(17)27-14-20)15-4-2-1-3-5-15/h1-6,9-12,14,19,26H,7-8,13H2,(H,27,29)(H,28,30). The Morgan fingerprint density at radius 3 is 2.73 bits per heavy atom. The molecule has 150 valence electrons. The van der Waals surface area contributed by atoms with Crippen molar-refractivity contribution in [1.29, 1.82) is 0 Å². The van der Waals surface area contributed by atoms with E-state index in [1.165, 1.54) is 12.1 Å². The molecule has 0 spiro atoms. The Labute approximate surface area is 173 Å². The average molecular weight is 400 g/mol. The molecule has 5 nitrogen and oxygen atoms in total. The molecule has 3 N–H and O–H groups in total. The van der Waals surface area contributed by atoms with Crippen molar-refractivity contribution >= 4 is 22.6 Å². The molecule has 0 aliphatic heterocycles. The normalized spacial score (nSPS) is 13.4. The van der Waals surface area contributed by atoms with Gasteiger partial charge in [-0.25, -0.2) is 9.37 Å². The van der Waals surface area contributed by atoms with Crippen LogP contribution in [0.5, 0.6) is 0 Å². The Hall–Kier alpha value is -3.67. The van der Waals surface area contributed by atoms with Crippen molar-refractivity contribution in [3.8, 4) is 11.3 Å². The summed E-state index contributed by atoms with van der Waals surface area (Å²) in [5.74, 6) is -0.491. The number of H-pyrrole nitrogens is 1. The van der Waals surface area contributed by atoms with Crippen LogP contribution in [0.15, 0.2) is 66.9 Å².